The first-order chi connectivity index (χ1) is 12.2. The van der Waals surface area contributed by atoms with E-state index >= 15 is 0 Å². The van der Waals surface area contributed by atoms with Gasteiger partial charge in [0, 0.05) is 44.4 Å². The lowest BCUT2D eigenvalue weighted by Crippen LogP contribution is -2.38. The largest absolute Gasteiger partial charge is 0.352 e. The molecule has 3 heterocycles. The lowest BCUT2D eigenvalue weighted by Gasteiger charge is -2.24. The monoisotopic (exact) mass is 341 g/mol. The van der Waals surface area contributed by atoms with Gasteiger partial charge in [0.25, 0.3) is 0 Å². The summed E-state index contributed by atoms with van der Waals surface area (Å²) in [5.74, 6) is 2.34. The smallest absolute Gasteiger partial charge is 0.240 e. The molecule has 2 aromatic rings. The van der Waals surface area contributed by atoms with Gasteiger partial charge in [-0.25, -0.2) is 0 Å². The first-order valence-electron chi connectivity index (χ1n) is 8.96. The van der Waals surface area contributed by atoms with Gasteiger partial charge in [-0.15, -0.1) is 0 Å². The first-order valence-corrected chi connectivity index (χ1v) is 8.96. The van der Waals surface area contributed by atoms with Gasteiger partial charge in [-0.2, -0.15) is 4.98 Å². The first kappa shape index (κ1) is 16.2. The Bertz CT molecular complexity index is 713. The van der Waals surface area contributed by atoms with Crippen molar-refractivity contribution < 1.29 is 9.32 Å². The molecular formula is C18H23N5O2. The molecule has 7 heteroatoms. The highest BCUT2D eigenvalue weighted by Crippen LogP contribution is 2.31. The molecular weight excluding hydrogens is 318 g/mol. The topological polar surface area (TPSA) is 84.2 Å². The Morgan fingerprint density at radius 3 is 2.76 bits per heavy atom. The van der Waals surface area contributed by atoms with Crippen LogP contribution in [0.15, 0.2) is 29.0 Å². The molecule has 0 aromatic carbocycles. The normalized spacial score (nSPS) is 20.2. The van der Waals surface area contributed by atoms with Crippen LogP contribution in [0.2, 0.25) is 0 Å². The van der Waals surface area contributed by atoms with Crippen molar-refractivity contribution in [3.63, 3.8) is 0 Å². The van der Waals surface area contributed by atoms with Crippen molar-refractivity contribution in [3.05, 3.63) is 41.8 Å². The van der Waals surface area contributed by atoms with Gasteiger partial charge in [0.1, 0.15) is 0 Å². The number of rotatable bonds is 8. The van der Waals surface area contributed by atoms with Crippen LogP contribution in [0.5, 0.6) is 0 Å². The predicted molar refractivity (Wildman–Crippen MR) is 90.2 cm³/mol. The summed E-state index contributed by atoms with van der Waals surface area (Å²) < 4.78 is 5.44. The summed E-state index contributed by atoms with van der Waals surface area (Å²) in [5.41, 5.74) is 1.18. The van der Waals surface area contributed by atoms with Crippen molar-refractivity contribution in [2.24, 2.45) is 5.92 Å². The van der Waals surface area contributed by atoms with Crippen LogP contribution in [0.25, 0.3) is 0 Å². The molecule has 1 aliphatic heterocycles. The van der Waals surface area contributed by atoms with Gasteiger partial charge in [0.05, 0.1) is 6.54 Å². The number of pyridine rings is 1. The minimum atomic E-state index is 0.137. The van der Waals surface area contributed by atoms with Crippen molar-refractivity contribution in [1.82, 2.24) is 25.3 Å². The second kappa shape index (κ2) is 7.31. The second-order valence-corrected chi connectivity index (χ2v) is 7.08. The maximum absolute atomic E-state index is 11.5. The number of amides is 1. The van der Waals surface area contributed by atoms with Crippen LogP contribution in [0.3, 0.4) is 0 Å². The number of nitrogens with one attached hydrogen (secondary N) is 1. The van der Waals surface area contributed by atoms with Crippen LogP contribution < -0.4 is 5.32 Å². The Kier molecular flexibility index (Phi) is 4.74. The van der Waals surface area contributed by atoms with Gasteiger partial charge in [-0.05, 0) is 42.9 Å². The minimum Gasteiger partial charge on any atom is -0.352 e. The fraction of sp³-hybridized carbons (Fsp3) is 0.556. The van der Waals surface area contributed by atoms with Crippen molar-refractivity contribution in [3.8, 4) is 0 Å². The molecule has 2 aliphatic rings. The lowest BCUT2D eigenvalue weighted by atomic mass is 10.2. The van der Waals surface area contributed by atoms with E-state index in [9.17, 15) is 4.79 Å². The molecule has 4 rings (SSSR count). The number of carbonyl (C=O) groups excluding carboxylic acids is 1. The number of hydrogen-bond acceptors (Lipinski definition) is 6. The third-order valence-electron chi connectivity index (χ3n) is 4.76. The molecule has 132 valence electrons. The van der Waals surface area contributed by atoms with E-state index in [1.165, 1.54) is 18.4 Å². The Morgan fingerprint density at radius 1 is 1.20 bits per heavy atom. The van der Waals surface area contributed by atoms with Crippen molar-refractivity contribution in [2.75, 3.05) is 6.54 Å². The molecule has 1 saturated carbocycles. The molecule has 0 spiro atoms. The average Bonchev–Trinajstić information content (AvgIpc) is 3.16. The van der Waals surface area contributed by atoms with Gasteiger partial charge in [-0.1, -0.05) is 5.16 Å². The minimum absolute atomic E-state index is 0.137. The molecule has 25 heavy (non-hydrogen) atoms. The summed E-state index contributed by atoms with van der Waals surface area (Å²) in [7, 11) is 0. The Morgan fingerprint density at radius 2 is 2.04 bits per heavy atom. The van der Waals surface area contributed by atoms with Crippen LogP contribution in [0, 0.1) is 5.92 Å². The zero-order chi connectivity index (χ0) is 17.1. The summed E-state index contributed by atoms with van der Waals surface area (Å²) in [6.45, 7) is 2.12. The highest BCUT2D eigenvalue weighted by Gasteiger charge is 2.26. The van der Waals surface area contributed by atoms with Crippen molar-refractivity contribution >= 4 is 5.91 Å². The number of aromatic nitrogens is 3. The molecule has 7 nitrogen and oxygen atoms in total. The van der Waals surface area contributed by atoms with E-state index in [0.717, 1.165) is 37.7 Å². The quantitative estimate of drug-likeness (QED) is 0.787. The number of hydrogen-bond donors (Lipinski definition) is 1. The van der Waals surface area contributed by atoms with Crippen molar-refractivity contribution in [2.45, 2.75) is 51.2 Å². The van der Waals surface area contributed by atoms with E-state index in [1.807, 2.05) is 12.1 Å². The highest BCUT2D eigenvalue weighted by molar-refractivity contribution is 5.78. The second-order valence-electron chi connectivity index (χ2n) is 7.08. The molecule has 0 bridgehead atoms. The van der Waals surface area contributed by atoms with E-state index in [0.29, 0.717) is 18.9 Å². The molecule has 1 N–H and O–H groups in total. The molecule has 1 aliphatic carbocycles. The van der Waals surface area contributed by atoms with Crippen LogP contribution >= 0.6 is 0 Å². The molecule has 1 amide bonds. The summed E-state index contributed by atoms with van der Waals surface area (Å²) in [6.07, 6.45) is 8.56. The SMILES string of the molecule is O=C1CC[C@@H](CN(Cc2ccncc2)Cc2nc(CC3CC3)no2)N1. The molecule has 1 saturated heterocycles. The maximum Gasteiger partial charge on any atom is 0.240 e. The van der Waals surface area contributed by atoms with Gasteiger partial charge in [0.15, 0.2) is 5.82 Å². The fourth-order valence-corrected chi connectivity index (χ4v) is 3.27. The van der Waals surface area contributed by atoms with Crippen LogP contribution in [0.1, 0.15) is 43.0 Å². The maximum atomic E-state index is 11.5. The molecule has 0 unspecified atom stereocenters. The van der Waals surface area contributed by atoms with E-state index < -0.39 is 0 Å². The standard InChI is InChI=1S/C18H23N5O2/c24-17-4-3-15(20-17)11-23(10-14-5-7-19-8-6-14)12-18-21-16(22-25-18)9-13-1-2-13/h5-8,13,15H,1-4,9-12H2,(H,20,24)/t15-/m0/s1. The van der Waals surface area contributed by atoms with E-state index in [2.05, 4.69) is 25.3 Å². The molecule has 2 aromatic heterocycles. The Labute approximate surface area is 146 Å². The van der Waals surface area contributed by atoms with E-state index in [1.54, 1.807) is 12.4 Å². The zero-order valence-corrected chi connectivity index (χ0v) is 14.2. The van der Waals surface area contributed by atoms with E-state index in [-0.39, 0.29) is 11.9 Å². The van der Waals surface area contributed by atoms with Gasteiger partial charge in [-0.3, -0.25) is 14.7 Å². The lowest BCUT2D eigenvalue weighted by molar-refractivity contribution is -0.119. The predicted octanol–water partition coefficient (Wildman–Crippen LogP) is 1.70. The summed E-state index contributed by atoms with van der Waals surface area (Å²) in [6, 6.07) is 4.20. The molecule has 0 radical (unpaired) electrons. The van der Waals surface area contributed by atoms with Crippen LogP contribution in [-0.2, 0) is 24.3 Å². The third kappa shape index (κ3) is 4.63. The van der Waals surface area contributed by atoms with Crippen LogP contribution in [-0.4, -0.2) is 38.5 Å². The molecule has 1 atom stereocenters. The van der Waals surface area contributed by atoms with E-state index in [4.69, 9.17) is 4.52 Å². The number of carbonyl (C=O) groups is 1. The average molecular weight is 341 g/mol. The molecule has 2 fully saturated rings. The van der Waals surface area contributed by atoms with Gasteiger partial charge >= 0.3 is 0 Å². The number of nitrogens with zero attached hydrogens (tertiary/aromatic N) is 4. The fourth-order valence-electron chi connectivity index (χ4n) is 3.27. The third-order valence-corrected chi connectivity index (χ3v) is 4.76. The zero-order valence-electron chi connectivity index (χ0n) is 14.2. The van der Waals surface area contributed by atoms with Gasteiger partial charge < -0.3 is 9.84 Å². The Hall–Kier alpha value is -2.28. The Balaban J connectivity index is 1.41. The van der Waals surface area contributed by atoms with Crippen molar-refractivity contribution in [1.29, 1.82) is 0 Å². The van der Waals surface area contributed by atoms with Crippen LogP contribution in [0.4, 0.5) is 0 Å². The summed E-state index contributed by atoms with van der Waals surface area (Å²) in [4.78, 5) is 22.3. The highest BCUT2D eigenvalue weighted by atomic mass is 16.5. The van der Waals surface area contributed by atoms with Gasteiger partial charge in [0.2, 0.25) is 11.8 Å². The summed E-state index contributed by atoms with van der Waals surface area (Å²) in [5, 5.41) is 7.14. The summed E-state index contributed by atoms with van der Waals surface area (Å²) >= 11 is 0.